The molecule has 378 valence electrons. The van der Waals surface area contributed by atoms with E-state index in [9.17, 15) is 47.7 Å². The van der Waals surface area contributed by atoms with E-state index in [0.29, 0.717) is 23.2 Å². The first-order valence-corrected chi connectivity index (χ1v) is 23.8. The second-order valence-corrected chi connectivity index (χ2v) is 19.4. The van der Waals surface area contributed by atoms with Gasteiger partial charge in [0, 0.05) is 43.2 Å². The van der Waals surface area contributed by atoms with E-state index in [4.69, 9.17) is 43.4 Å². The molecule has 0 radical (unpaired) electrons. The standard InChI is InChI=1S/C46H59ClN10O12S/c1-23-41(60)55-33(45(64)65)16-24-7-12-35(68-14-6-13-48)29(15-24)30-17-26(18-36(39(30)59)69-22-28(58)20-49)38(43(62)53-23)57(5)44(63)34(21-52-70(51,66)67)56-42(61)37-31(47)19-32(54-40(37)50)25-8-10-27(11-9-25)46(2,3)4/h7-12,15,17-19,23,28,33-34,38,52,58-59H,6,13-14,16,20-22,48-49H2,1-5H3,(H2,50,54)(H,53,62)(H,55,60)(H,56,61)(H,64,65)(H2,51,66,67)/t23-,28+,33-,34-,38-/m0/s1. The van der Waals surface area contributed by atoms with Crippen molar-refractivity contribution >= 4 is 57.2 Å². The van der Waals surface area contributed by atoms with Crippen molar-refractivity contribution in [3.05, 3.63) is 87.9 Å². The Hall–Kier alpha value is -6.60. The summed E-state index contributed by atoms with van der Waals surface area (Å²) in [6.45, 7) is 6.19. The first-order valence-electron chi connectivity index (χ1n) is 21.9. The van der Waals surface area contributed by atoms with Gasteiger partial charge in [0.1, 0.15) is 54.0 Å². The lowest BCUT2D eigenvalue weighted by molar-refractivity contribution is -0.143. The quantitative estimate of drug-likeness (QED) is 0.0652. The number of anilines is 1. The molecule has 22 nitrogen and oxygen atoms in total. The summed E-state index contributed by atoms with van der Waals surface area (Å²) in [7, 11) is -3.41. The number of hydrogen-bond donors (Lipinski definition) is 11. The van der Waals surface area contributed by atoms with Gasteiger partial charge in [0.2, 0.25) is 17.7 Å². The van der Waals surface area contributed by atoms with Gasteiger partial charge in [-0.25, -0.2) is 14.9 Å². The van der Waals surface area contributed by atoms with Gasteiger partial charge in [-0.15, -0.1) is 0 Å². The number of carboxylic acids is 1. The minimum Gasteiger partial charge on any atom is -0.504 e. The number of likely N-dealkylation sites (N-methyl/N-ethyl adjacent to an activating group) is 1. The Morgan fingerprint density at radius 2 is 1.67 bits per heavy atom. The number of aliphatic carboxylic acids is 1. The van der Waals surface area contributed by atoms with Crippen molar-refractivity contribution in [1.29, 1.82) is 0 Å². The van der Waals surface area contributed by atoms with Crippen LogP contribution in [0.3, 0.4) is 0 Å². The fraction of sp³-hybridized carbons (Fsp3) is 0.391. The van der Waals surface area contributed by atoms with E-state index in [1.165, 1.54) is 37.3 Å². The number of benzene rings is 3. The number of hydrogen-bond acceptors (Lipinski definition) is 15. The highest BCUT2D eigenvalue weighted by Crippen LogP contribution is 2.45. The van der Waals surface area contributed by atoms with Crippen LogP contribution in [0.25, 0.3) is 22.4 Å². The van der Waals surface area contributed by atoms with Crippen molar-refractivity contribution in [3.63, 3.8) is 0 Å². The average Bonchev–Trinajstić information content (AvgIpc) is 3.29. The van der Waals surface area contributed by atoms with Crippen LogP contribution in [0.1, 0.15) is 67.2 Å². The Bertz CT molecular complexity index is 2700. The van der Waals surface area contributed by atoms with Crippen molar-refractivity contribution < 1.29 is 57.2 Å². The number of aromatic nitrogens is 1. The van der Waals surface area contributed by atoms with Gasteiger partial charge in [-0.05, 0) is 72.3 Å². The lowest BCUT2D eigenvalue weighted by Crippen LogP contribution is -2.57. The number of rotatable bonds is 17. The number of fused-ring (bicyclic) bond motifs is 5. The molecule has 0 spiro atoms. The van der Waals surface area contributed by atoms with Crippen molar-refractivity contribution in [1.82, 2.24) is 30.6 Å². The smallest absolute Gasteiger partial charge is 0.326 e. The zero-order chi connectivity index (χ0) is 51.8. The fourth-order valence-electron chi connectivity index (χ4n) is 7.35. The Labute approximate surface area is 409 Å². The summed E-state index contributed by atoms with van der Waals surface area (Å²) in [5, 5.41) is 44.8. The Morgan fingerprint density at radius 1 is 0.986 bits per heavy atom. The number of nitrogens with one attached hydrogen (secondary N) is 4. The number of carbonyl (C=O) groups excluding carboxylic acids is 4. The number of ether oxygens (including phenoxy) is 2. The van der Waals surface area contributed by atoms with E-state index in [1.54, 1.807) is 6.07 Å². The highest BCUT2D eigenvalue weighted by molar-refractivity contribution is 7.87. The number of nitrogens with two attached hydrogens (primary N) is 4. The molecule has 0 unspecified atom stereocenters. The van der Waals surface area contributed by atoms with Crippen LogP contribution in [-0.4, -0.2) is 127 Å². The van der Waals surface area contributed by atoms with E-state index in [-0.39, 0.29) is 76.1 Å². The number of aliphatic hydroxyl groups excluding tert-OH is 1. The molecule has 5 atom stereocenters. The molecule has 70 heavy (non-hydrogen) atoms. The summed E-state index contributed by atoms with van der Waals surface area (Å²) in [4.78, 5) is 74.8. The summed E-state index contributed by atoms with van der Waals surface area (Å²) >= 11 is 6.66. The van der Waals surface area contributed by atoms with Crippen LogP contribution in [0.2, 0.25) is 5.02 Å². The highest BCUT2D eigenvalue weighted by Gasteiger charge is 2.38. The average molecular weight is 1010 g/mol. The number of nitrogen functional groups attached to an aromatic ring is 1. The number of carboxylic acid groups (broad SMARTS) is 1. The van der Waals surface area contributed by atoms with E-state index >= 15 is 0 Å². The topological polar surface area (TPSA) is 367 Å². The Morgan fingerprint density at radius 3 is 2.27 bits per heavy atom. The molecular formula is C46H59ClN10O12S. The predicted octanol–water partition coefficient (Wildman–Crippen LogP) is 0.802. The number of pyridine rings is 1. The lowest BCUT2D eigenvalue weighted by atomic mass is 9.86. The minimum absolute atomic E-state index is 0.0639. The van der Waals surface area contributed by atoms with Crippen LogP contribution in [0.4, 0.5) is 5.82 Å². The van der Waals surface area contributed by atoms with Crippen LogP contribution in [0, 0.1) is 0 Å². The number of phenols is 1. The van der Waals surface area contributed by atoms with Gasteiger partial charge in [0.05, 0.1) is 17.3 Å². The van der Waals surface area contributed by atoms with Gasteiger partial charge >= 0.3 is 5.97 Å². The monoisotopic (exact) mass is 1010 g/mol. The van der Waals surface area contributed by atoms with Gasteiger partial charge in [0.15, 0.2) is 11.5 Å². The van der Waals surface area contributed by atoms with Crippen LogP contribution in [0.15, 0.2) is 60.7 Å². The number of amides is 4. The van der Waals surface area contributed by atoms with Crippen molar-refractivity contribution in [3.8, 4) is 39.6 Å². The molecule has 1 aromatic heterocycles. The molecule has 1 aliphatic rings. The molecule has 4 amide bonds. The van der Waals surface area contributed by atoms with Gasteiger partial charge in [0.25, 0.3) is 16.1 Å². The maximum absolute atomic E-state index is 14.8. The minimum atomic E-state index is -4.54. The Balaban J connectivity index is 1.66. The third-order valence-corrected chi connectivity index (χ3v) is 12.1. The zero-order valence-corrected chi connectivity index (χ0v) is 40.7. The molecule has 4 aromatic rings. The Kier molecular flexibility index (Phi) is 17.8. The van der Waals surface area contributed by atoms with Crippen molar-refractivity contribution in [2.24, 2.45) is 16.6 Å². The van der Waals surface area contributed by atoms with Gasteiger partial charge < -0.3 is 62.8 Å². The largest absolute Gasteiger partial charge is 0.504 e. The molecular weight excluding hydrogens is 952 g/mol. The first kappa shape index (κ1) is 54.3. The summed E-state index contributed by atoms with van der Waals surface area (Å²) in [6, 6.07) is 9.24. The van der Waals surface area contributed by atoms with Crippen LogP contribution in [-0.2, 0) is 41.2 Å². The number of aromatic hydroxyl groups is 1. The third kappa shape index (κ3) is 13.6. The molecule has 15 N–H and O–H groups in total. The van der Waals surface area contributed by atoms with Crippen LogP contribution < -0.4 is 52.5 Å². The van der Waals surface area contributed by atoms with Gasteiger partial charge in [-0.1, -0.05) is 62.7 Å². The number of aliphatic hydroxyl groups is 1. The molecule has 0 saturated heterocycles. The maximum Gasteiger partial charge on any atom is 0.326 e. The maximum atomic E-state index is 14.8. The molecule has 3 aromatic carbocycles. The van der Waals surface area contributed by atoms with E-state index in [1.807, 2.05) is 29.0 Å². The molecule has 5 rings (SSSR count). The lowest BCUT2D eigenvalue weighted by Gasteiger charge is -2.33. The SMILES string of the molecule is C[C@@H]1NC(=O)[C@@H](N(C)C(=O)[C@H](CNS(N)(=O)=O)NC(=O)c2c(Cl)cc(-c3ccc(C(C)(C)C)cc3)nc2N)c2cc(OC[C@H](O)CN)c(O)c(c2)-c2cc(ccc2OCCCN)C[C@@H](C(=O)O)NC1=O. The molecule has 1 aliphatic heterocycles. The van der Waals surface area contributed by atoms with Gasteiger partial charge in [-0.3, -0.25) is 19.2 Å². The molecule has 2 heterocycles. The third-order valence-electron chi connectivity index (χ3n) is 11.2. The first-order chi connectivity index (χ1) is 32.8. The second-order valence-electron chi connectivity index (χ2n) is 17.6. The summed E-state index contributed by atoms with van der Waals surface area (Å²) in [5.74, 6) is -6.65. The zero-order valence-electron chi connectivity index (χ0n) is 39.1. The fourth-order valence-corrected chi connectivity index (χ4v) is 8.04. The predicted molar refractivity (Wildman–Crippen MR) is 260 cm³/mol. The number of carbonyl (C=O) groups is 5. The summed E-state index contributed by atoms with van der Waals surface area (Å²) < 4.78 is 38.4. The van der Waals surface area contributed by atoms with Crippen LogP contribution in [0.5, 0.6) is 17.2 Å². The van der Waals surface area contributed by atoms with E-state index in [0.717, 1.165) is 17.5 Å². The summed E-state index contributed by atoms with van der Waals surface area (Å²) in [5.41, 5.74) is 19.5. The molecule has 0 saturated carbocycles. The molecule has 0 fully saturated rings. The number of halogens is 1. The normalized spacial score (nSPS) is 17.3. The number of nitrogens with zero attached hydrogens (tertiary/aromatic N) is 2. The molecule has 0 aliphatic carbocycles. The summed E-state index contributed by atoms with van der Waals surface area (Å²) in [6.07, 6.45) is -1.08. The van der Waals surface area contributed by atoms with Crippen molar-refractivity contribution in [2.45, 2.75) is 76.2 Å². The molecule has 4 bridgehead atoms. The van der Waals surface area contributed by atoms with Crippen molar-refractivity contribution in [2.75, 3.05) is 45.6 Å². The van der Waals surface area contributed by atoms with Crippen LogP contribution >= 0.6 is 11.6 Å². The van der Waals surface area contributed by atoms with Gasteiger partial charge in [-0.2, -0.15) is 13.1 Å². The molecule has 24 heteroatoms. The number of phenolic OH excluding ortho intramolecular Hbond substituents is 1. The highest BCUT2D eigenvalue weighted by atomic mass is 35.5. The van der Waals surface area contributed by atoms with E-state index < -0.39 is 89.0 Å². The second kappa shape index (κ2) is 22.9. The van der Waals surface area contributed by atoms with E-state index in [2.05, 4.69) is 41.7 Å².